The Hall–Kier alpha value is -2.88. The van der Waals surface area contributed by atoms with Crippen LogP contribution in [0.3, 0.4) is 0 Å². The molecule has 2 bridgehead atoms. The molecule has 3 heterocycles. The minimum absolute atomic E-state index is 0.0824. The molecular formula is C30H33BN2O4S2. The van der Waals surface area contributed by atoms with E-state index in [1.807, 2.05) is 54.6 Å². The number of fused-ring (bicyclic) bond motifs is 4. The van der Waals surface area contributed by atoms with Gasteiger partial charge in [0.2, 0.25) is 0 Å². The summed E-state index contributed by atoms with van der Waals surface area (Å²) in [5.74, 6) is 0.565. The molecule has 0 saturated carbocycles. The summed E-state index contributed by atoms with van der Waals surface area (Å²) in [6.45, 7) is 0.448. The first-order chi connectivity index (χ1) is 18.8. The highest BCUT2D eigenvalue weighted by Crippen LogP contribution is 2.61. The fourth-order valence-electron chi connectivity index (χ4n) is 5.15. The number of methoxy groups -OCH3 is 1. The third-order valence-electron chi connectivity index (χ3n) is 7.64. The molecule has 3 saturated heterocycles. The SMILES string of the molecule is BCc1ccc(C[C@@]23SC(c4ccc(OC)cc4)SC(COCc4ccccc4)(C(=O)N2C)N(C)C3=O)cc1. The number of benzene rings is 3. The number of rotatable bonds is 9. The maximum atomic E-state index is 14.4. The number of carbonyl (C=O) groups excluding carboxylic acids is 2. The Labute approximate surface area is 239 Å². The van der Waals surface area contributed by atoms with Gasteiger partial charge in [0.15, 0.2) is 9.74 Å². The molecule has 3 fully saturated rings. The first kappa shape index (κ1) is 27.7. The van der Waals surface area contributed by atoms with Gasteiger partial charge in [0.05, 0.1) is 24.9 Å². The number of likely N-dealkylation sites (N-methyl/N-ethyl adjacent to an activating group) is 2. The third-order valence-corrected chi connectivity index (χ3v) is 11.1. The lowest BCUT2D eigenvalue weighted by Crippen LogP contribution is -2.73. The summed E-state index contributed by atoms with van der Waals surface area (Å²) in [6.07, 6.45) is 1.36. The van der Waals surface area contributed by atoms with Gasteiger partial charge in [0.25, 0.3) is 11.8 Å². The lowest BCUT2D eigenvalue weighted by molar-refractivity contribution is -0.166. The van der Waals surface area contributed by atoms with Crippen LogP contribution >= 0.6 is 23.5 Å². The van der Waals surface area contributed by atoms with Crippen LogP contribution in [0.4, 0.5) is 0 Å². The van der Waals surface area contributed by atoms with E-state index in [9.17, 15) is 9.59 Å². The smallest absolute Gasteiger partial charge is 0.262 e. The number of carbonyl (C=O) groups is 2. The van der Waals surface area contributed by atoms with Gasteiger partial charge in [-0.15, -0.1) is 23.5 Å². The summed E-state index contributed by atoms with van der Waals surface area (Å²) in [4.78, 5) is 29.7. The molecule has 202 valence electrons. The molecule has 3 aliphatic rings. The normalized spacial score (nSPS) is 24.6. The van der Waals surface area contributed by atoms with Gasteiger partial charge in [-0.05, 0) is 28.8 Å². The standard InChI is InChI=1S/C30H33BN2O4S2/c1-32-28(35)30(20-37-19-23-7-5-4-6-8-23)33(2)27(34)29(32,17-21-9-11-22(18-31)12-10-21)38-26(39-30)24-13-15-25(36-3)16-14-24/h4-16,26H,17-20,31H2,1-3H3/t26?,29-,30?/m0/s1. The Morgan fingerprint density at radius 3 is 2.03 bits per heavy atom. The van der Waals surface area contributed by atoms with E-state index >= 15 is 0 Å². The van der Waals surface area contributed by atoms with E-state index in [0.29, 0.717) is 13.0 Å². The minimum atomic E-state index is -1.19. The molecule has 2 unspecified atom stereocenters. The monoisotopic (exact) mass is 560 g/mol. The second-order valence-corrected chi connectivity index (χ2v) is 13.0. The quantitative estimate of drug-likeness (QED) is 0.368. The van der Waals surface area contributed by atoms with Crippen molar-refractivity contribution >= 4 is 43.2 Å². The number of amides is 2. The minimum Gasteiger partial charge on any atom is -0.497 e. The van der Waals surface area contributed by atoms with Gasteiger partial charge < -0.3 is 19.3 Å². The number of piperazine rings is 1. The third kappa shape index (κ3) is 5.08. The van der Waals surface area contributed by atoms with E-state index in [-0.39, 0.29) is 23.0 Å². The van der Waals surface area contributed by atoms with E-state index in [4.69, 9.17) is 9.47 Å². The maximum Gasteiger partial charge on any atom is 0.262 e. The number of nitrogens with zero attached hydrogens (tertiary/aromatic N) is 2. The van der Waals surface area contributed by atoms with Crippen LogP contribution < -0.4 is 4.74 Å². The van der Waals surface area contributed by atoms with Crippen molar-refractivity contribution in [3.05, 3.63) is 101 Å². The molecule has 6 nitrogen and oxygen atoms in total. The number of ether oxygens (including phenoxy) is 2. The van der Waals surface area contributed by atoms with E-state index < -0.39 is 9.74 Å². The number of hydrogen-bond donors (Lipinski definition) is 0. The van der Waals surface area contributed by atoms with Crippen LogP contribution in [0.15, 0.2) is 78.9 Å². The molecule has 3 atom stereocenters. The van der Waals surface area contributed by atoms with Gasteiger partial charge in [-0.2, -0.15) is 0 Å². The van der Waals surface area contributed by atoms with Gasteiger partial charge >= 0.3 is 0 Å². The van der Waals surface area contributed by atoms with Crippen molar-refractivity contribution in [2.45, 2.75) is 33.7 Å². The molecule has 9 heteroatoms. The van der Waals surface area contributed by atoms with E-state index in [2.05, 4.69) is 32.1 Å². The Balaban J connectivity index is 1.54. The molecule has 3 aromatic carbocycles. The number of hydrogen-bond acceptors (Lipinski definition) is 6. The van der Waals surface area contributed by atoms with E-state index in [1.54, 1.807) is 42.8 Å². The first-order valence-electron chi connectivity index (χ1n) is 13.1. The predicted molar refractivity (Wildman–Crippen MR) is 160 cm³/mol. The van der Waals surface area contributed by atoms with E-state index in [1.165, 1.54) is 17.3 Å². The lowest BCUT2D eigenvalue weighted by Gasteiger charge is -2.51. The average Bonchev–Trinajstić information content (AvgIpc) is 3.13. The largest absolute Gasteiger partial charge is 0.497 e. The molecule has 0 aromatic heterocycles. The summed E-state index contributed by atoms with van der Waals surface area (Å²) in [5, 5.41) is 0. The zero-order chi connectivity index (χ0) is 27.6. The molecule has 6 rings (SSSR count). The molecule has 0 spiro atoms. The molecule has 3 aliphatic heterocycles. The van der Waals surface area contributed by atoms with Crippen LogP contribution in [-0.2, 0) is 33.7 Å². The van der Waals surface area contributed by atoms with Crippen molar-refractivity contribution < 1.29 is 19.1 Å². The Kier molecular flexibility index (Phi) is 8.03. The van der Waals surface area contributed by atoms with Crippen molar-refractivity contribution in [2.75, 3.05) is 27.8 Å². The zero-order valence-electron chi connectivity index (χ0n) is 22.8. The summed E-state index contributed by atoms with van der Waals surface area (Å²) in [6, 6.07) is 26.1. The van der Waals surface area contributed by atoms with Gasteiger partial charge in [0.1, 0.15) is 13.6 Å². The summed E-state index contributed by atoms with van der Waals surface area (Å²) in [5.41, 5.74) is 4.30. The average molecular weight is 561 g/mol. The number of thioether (sulfide) groups is 2. The van der Waals surface area contributed by atoms with Crippen molar-refractivity contribution in [1.29, 1.82) is 0 Å². The fraction of sp³-hybridized carbons (Fsp3) is 0.333. The highest BCUT2D eigenvalue weighted by molar-refractivity contribution is 8.18. The Morgan fingerprint density at radius 1 is 0.795 bits per heavy atom. The molecule has 2 amide bonds. The molecule has 0 N–H and O–H groups in total. The summed E-state index contributed by atoms with van der Waals surface area (Å²) >= 11 is 3.04. The molecule has 0 radical (unpaired) electrons. The van der Waals surface area contributed by atoms with Crippen molar-refractivity contribution in [1.82, 2.24) is 9.80 Å². The van der Waals surface area contributed by atoms with E-state index in [0.717, 1.165) is 28.8 Å². The second kappa shape index (κ2) is 11.3. The predicted octanol–water partition coefficient (Wildman–Crippen LogP) is 4.09. The van der Waals surface area contributed by atoms with Gasteiger partial charge in [-0.3, -0.25) is 9.59 Å². The van der Waals surface area contributed by atoms with Crippen molar-refractivity contribution in [2.24, 2.45) is 0 Å². The van der Waals surface area contributed by atoms with Crippen molar-refractivity contribution in [3.8, 4) is 5.75 Å². The summed E-state index contributed by atoms with van der Waals surface area (Å²) in [7, 11) is 7.28. The Morgan fingerprint density at radius 2 is 1.38 bits per heavy atom. The molecule has 3 aromatic rings. The van der Waals surface area contributed by atoms with Crippen LogP contribution in [0, 0.1) is 0 Å². The van der Waals surface area contributed by atoms with Crippen LogP contribution in [0.25, 0.3) is 0 Å². The lowest BCUT2D eigenvalue weighted by atomic mass is 9.93. The highest BCUT2D eigenvalue weighted by Gasteiger charge is 2.66. The van der Waals surface area contributed by atoms with Gasteiger partial charge in [0, 0.05) is 20.5 Å². The highest BCUT2D eigenvalue weighted by atomic mass is 32.2. The van der Waals surface area contributed by atoms with Gasteiger partial charge in [-0.1, -0.05) is 78.6 Å². The molecule has 0 aliphatic carbocycles. The Bertz CT molecular complexity index is 1330. The van der Waals surface area contributed by atoms with Crippen LogP contribution in [0.2, 0.25) is 0 Å². The van der Waals surface area contributed by atoms with Crippen LogP contribution in [0.1, 0.15) is 26.8 Å². The van der Waals surface area contributed by atoms with Crippen molar-refractivity contribution in [3.63, 3.8) is 0 Å². The first-order valence-corrected chi connectivity index (χ1v) is 14.8. The summed E-state index contributed by atoms with van der Waals surface area (Å²) < 4.78 is 11.4. The van der Waals surface area contributed by atoms with Gasteiger partial charge in [-0.25, -0.2) is 0 Å². The second-order valence-electron chi connectivity index (χ2n) is 9.96. The topological polar surface area (TPSA) is 59.1 Å². The van der Waals surface area contributed by atoms with Crippen LogP contribution in [0.5, 0.6) is 5.75 Å². The fourth-order valence-corrected chi connectivity index (χ4v) is 8.95. The maximum absolute atomic E-state index is 14.4. The van der Waals surface area contributed by atoms with Crippen LogP contribution in [-0.4, -0.2) is 67.0 Å². The molecular weight excluding hydrogens is 527 g/mol. The molecule has 39 heavy (non-hydrogen) atoms. The zero-order valence-corrected chi connectivity index (χ0v) is 24.4.